The second-order valence-electron chi connectivity index (χ2n) is 4.88. The summed E-state index contributed by atoms with van der Waals surface area (Å²) in [7, 11) is 0. The fourth-order valence-corrected chi connectivity index (χ4v) is 2.28. The Bertz CT molecular complexity index is 709. The molecule has 0 amide bonds. The van der Waals surface area contributed by atoms with Crippen LogP contribution in [0.1, 0.15) is 22.5 Å². The van der Waals surface area contributed by atoms with Crippen LogP contribution in [0, 0.1) is 6.92 Å². The van der Waals surface area contributed by atoms with Gasteiger partial charge in [0.1, 0.15) is 5.69 Å². The predicted octanol–water partition coefficient (Wildman–Crippen LogP) is 4.51. The fraction of sp³-hybridized carbons (Fsp3) is 0.308. The summed E-state index contributed by atoms with van der Waals surface area (Å²) in [4.78, 5) is 0. The summed E-state index contributed by atoms with van der Waals surface area (Å²) < 4.78 is 76.8. The monoisotopic (exact) mass is 357 g/mol. The average Bonchev–Trinajstić information content (AvgIpc) is 2.79. The number of anilines is 1. The smallest absolute Gasteiger partial charge is 0.397 e. The van der Waals surface area contributed by atoms with Crippen LogP contribution in [0.5, 0.6) is 0 Å². The summed E-state index contributed by atoms with van der Waals surface area (Å²) in [5.74, 6) is 0. The van der Waals surface area contributed by atoms with Crippen molar-refractivity contribution in [1.82, 2.24) is 9.78 Å². The quantitative estimate of drug-likeness (QED) is 0.634. The van der Waals surface area contributed by atoms with Gasteiger partial charge in [-0.15, -0.1) is 0 Å². The molecule has 2 N–H and O–H groups in total. The number of hydrogen-bond donors (Lipinski definition) is 1. The van der Waals surface area contributed by atoms with Crippen molar-refractivity contribution in [2.24, 2.45) is 0 Å². The fourth-order valence-electron chi connectivity index (χ4n) is 1.99. The third-order valence-electron chi connectivity index (χ3n) is 3.09. The molecule has 0 saturated heterocycles. The molecule has 0 aliphatic heterocycles. The topological polar surface area (TPSA) is 43.8 Å². The molecule has 1 aromatic carbocycles. The Hall–Kier alpha value is -1.90. The number of halogens is 7. The molecule has 2 rings (SSSR count). The zero-order chi connectivity index (χ0) is 17.6. The summed E-state index contributed by atoms with van der Waals surface area (Å²) in [6.07, 6.45) is -9.94. The molecule has 2 aromatic rings. The van der Waals surface area contributed by atoms with E-state index in [2.05, 4.69) is 5.10 Å². The van der Waals surface area contributed by atoms with Crippen LogP contribution in [0.2, 0.25) is 5.02 Å². The van der Waals surface area contributed by atoms with E-state index < -0.39 is 30.3 Å². The van der Waals surface area contributed by atoms with Gasteiger partial charge in [-0.3, -0.25) is 4.68 Å². The highest BCUT2D eigenvalue weighted by Gasteiger charge is 2.41. The standard InChI is InChI=1S/C13H10ClF6N3/c1-6-2-7(3-8(14)11(6)21)5-23-10(13(18,19)20)4-9(22-23)12(15,16)17/h2-4H,5,21H2,1H3. The van der Waals surface area contributed by atoms with Crippen LogP contribution in [0.4, 0.5) is 32.0 Å². The molecular formula is C13H10ClF6N3. The Labute approximate surface area is 131 Å². The highest BCUT2D eigenvalue weighted by atomic mass is 35.5. The maximum absolute atomic E-state index is 12.9. The molecule has 0 aliphatic carbocycles. The third-order valence-corrected chi connectivity index (χ3v) is 3.40. The second kappa shape index (κ2) is 5.63. The van der Waals surface area contributed by atoms with Gasteiger partial charge in [0.15, 0.2) is 5.69 Å². The lowest BCUT2D eigenvalue weighted by Gasteiger charge is -2.12. The number of alkyl halides is 6. The number of benzene rings is 1. The lowest BCUT2D eigenvalue weighted by Crippen LogP contribution is -2.15. The van der Waals surface area contributed by atoms with Gasteiger partial charge in [-0.1, -0.05) is 17.7 Å². The first-order valence-electron chi connectivity index (χ1n) is 6.16. The van der Waals surface area contributed by atoms with Crippen molar-refractivity contribution in [1.29, 1.82) is 0 Å². The van der Waals surface area contributed by atoms with E-state index in [0.717, 1.165) is 0 Å². The van der Waals surface area contributed by atoms with Gasteiger partial charge in [0.05, 0.1) is 17.3 Å². The number of aryl methyl sites for hydroxylation is 1. The zero-order valence-electron chi connectivity index (χ0n) is 11.6. The van der Waals surface area contributed by atoms with Crippen molar-refractivity contribution in [2.45, 2.75) is 25.8 Å². The molecular weight excluding hydrogens is 348 g/mol. The second-order valence-corrected chi connectivity index (χ2v) is 5.28. The van der Waals surface area contributed by atoms with E-state index in [1.165, 1.54) is 12.1 Å². The lowest BCUT2D eigenvalue weighted by atomic mass is 10.1. The number of hydrogen-bond acceptors (Lipinski definition) is 2. The Morgan fingerprint density at radius 1 is 1.09 bits per heavy atom. The van der Waals surface area contributed by atoms with Gasteiger partial charge in [0.2, 0.25) is 0 Å². The molecule has 10 heteroatoms. The number of nitrogens with two attached hydrogens (primary N) is 1. The van der Waals surface area contributed by atoms with E-state index in [1.54, 1.807) is 6.92 Å². The summed E-state index contributed by atoms with van der Waals surface area (Å²) in [5.41, 5.74) is 3.53. The van der Waals surface area contributed by atoms with Crippen LogP contribution >= 0.6 is 11.6 Å². The van der Waals surface area contributed by atoms with E-state index >= 15 is 0 Å². The minimum absolute atomic E-state index is 0.0221. The zero-order valence-corrected chi connectivity index (χ0v) is 12.3. The molecule has 0 unspecified atom stereocenters. The Morgan fingerprint density at radius 3 is 2.17 bits per heavy atom. The third kappa shape index (κ3) is 3.72. The van der Waals surface area contributed by atoms with Gasteiger partial charge >= 0.3 is 12.4 Å². The maximum Gasteiger partial charge on any atom is 0.435 e. The van der Waals surface area contributed by atoms with Crippen molar-refractivity contribution in [3.8, 4) is 0 Å². The minimum atomic E-state index is -4.97. The molecule has 0 spiro atoms. The van der Waals surface area contributed by atoms with Crippen LogP contribution < -0.4 is 5.73 Å². The number of nitrogen functional groups attached to an aromatic ring is 1. The first-order valence-corrected chi connectivity index (χ1v) is 6.54. The molecule has 1 heterocycles. The van der Waals surface area contributed by atoms with Crippen molar-refractivity contribution >= 4 is 17.3 Å². The van der Waals surface area contributed by atoms with E-state index in [-0.39, 0.29) is 27.0 Å². The van der Waals surface area contributed by atoms with E-state index in [1.807, 2.05) is 0 Å². The predicted molar refractivity (Wildman–Crippen MR) is 71.9 cm³/mol. The minimum Gasteiger partial charge on any atom is -0.397 e. The van der Waals surface area contributed by atoms with Gasteiger partial charge in [0, 0.05) is 6.07 Å². The van der Waals surface area contributed by atoms with Crippen molar-refractivity contribution < 1.29 is 26.3 Å². The van der Waals surface area contributed by atoms with Gasteiger partial charge < -0.3 is 5.73 Å². The molecule has 23 heavy (non-hydrogen) atoms. The first kappa shape index (κ1) is 17.5. The summed E-state index contributed by atoms with van der Waals surface area (Å²) in [6, 6.07) is 2.71. The Balaban J connectivity index is 2.49. The summed E-state index contributed by atoms with van der Waals surface area (Å²) in [5, 5.41) is 3.13. The van der Waals surface area contributed by atoms with Gasteiger partial charge in [-0.05, 0) is 24.1 Å². The van der Waals surface area contributed by atoms with Gasteiger partial charge in [-0.2, -0.15) is 31.4 Å². The number of aromatic nitrogens is 2. The summed E-state index contributed by atoms with van der Waals surface area (Å²) >= 11 is 5.84. The van der Waals surface area contributed by atoms with Crippen LogP contribution in [0.25, 0.3) is 0 Å². The highest BCUT2D eigenvalue weighted by molar-refractivity contribution is 6.33. The molecule has 3 nitrogen and oxygen atoms in total. The largest absolute Gasteiger partial charge is 0.435 e. The van der Waals surface area contributed by atoms with E-state index in [0.29, 0.717) is 5.56 Å². The van der Waals surface area contributed by atoms with Crippen molar-refractivity contribution in [2.75, 3.05) is 5.73 Å². The Kier molecular flexibility index (Phi) is 4.27. The van der Waals surface area contributed by atoms with Crippen LogP contribution in [-0.2, 0) is 18.9 Å². The molecule has 1 aromatic heterocycles. The van der Waals surface area contributed by atoms with E-state index in [9.17, 15) is 26.3 Å². The molecule has 0 saturated carbocycles. The van der Waals surface area contributed by atoms with Crippen LogP contribution in [-0.4, -0.2) is 9.78 Å². The highest BCUT2D eigenvalue weighted by Crippen LogP contribution is 2.35. The molecule has 0 aliphatic rings. The Morgan fingerprint density at radius 2 is 1.70 bits per heavy atom. The van der Waals surface area contributed by atoms with Gasteiger partial charge in [0.25, 0.3) is 0 Å². The average molecular weight is 358 g/mol. The van der Waals surface area contributed by atoms with Crippen LogP contribution in [0.3, 0.4) is 0 Å². The van der Waals surface area contributed by atoms with Crippen molar-refractivity contribution in [3.63, 3.8) is 0 Å². The summed E-state index contributed by atoms with van der Waals surface area (Å²) in [6.45, 7) is 1.06. The van der Waals surface area contributed by atoms with Crippen LogP contribution in [0.15, 0.2) is 18.2 Å². The first-order chi connectivity index (χ1) is 10.4. The SMILES string of the molecule is Cc1cc(Cn2nc(C(F)(F)F)cc2C(F)(F)F)cc(Cl)c1N. The molecule has 0 fully saturated rings. The van der Waals surface area contributed by atoms with E-state index in [4.69, 9.17) is 17.3 Å². The normalized spacial score (nSPS) is 12.7. The molecule has 0 radical (unpaired) electrons. The number of nitrogens with zero attached hydrogens (tertiary/aromatic N) is 2. The van der Waals surface area contributed by atoms with Gasteiger partial charge in [-0.25, -0.2) is 0 Å². The number of rotatable bonds is 2. The maximum atomic E-state index is 12.9. The molecule has 126 valence electrons. The lowest BCUT2D eigenvalue weighted by molar-refractivity contribution is -0.144. The molecule has 0 bridgehead atoms. The van der Waals surface area contributed by atoms with Crippen molar-refractivity contribution in [3.05, 3.63) is 45.7 Å². The molecule has 0 atom stereocenters.